The number of benzene rings is 3. The van der Waals surface area contributed by atoms with Crippen LogP contribution >= 0.6 is 35.0 Å². The van der Waals surface area contributed by atoms with Gasteiger partial charge < -0.3 is 5.32 Å². The van der Waals surface area contributed by atoms with Gasteiger partial charge in [0.25, 0.3) is 11.8 Å². The predicted molar refractivity (Wildman–Crippen MR) is 128 cm³/mol. The smallest absolute Gasteiger partial charge is 0.283 e. The molecule has 4 rings (SSSR count). The standard InChI is InChI=1S/C24H18Cl2N2O2S/c1-14-6-11-20(15(2)12-14)28-23(29)21(27-18-5-3-4-17(26)13-18)22(24(28)30)31-19-9-7-16(25)8-10-19/h3-13,27H,1-2H3. The van der Waals surface area contributed by atoms with Crippen LogP contribution in [0, 0.1) is 13.8 Å². The molecule has 7 heteroatoms. The van der Waals surface area contributed by atoms with Gasteiger partial charge in [0.2, 0.25) is 0 Å². The van der Waals surface area contributed by atoms with Crippen molar-refractivity contribution in [2.45, 2.75) is 18.7 Å². The van der Waals surface area contributed by atoms with Crippen molar-refractivity contribution in [2.24, 2.45) is 0 Å². The summed E-state index contributed by atoms with van der Waals surface area (Å²) in [6, 6.07) is 19.8. The Bertz CT molecular complexity index is 1220. The number of carbonyl (C=O) groups excluding carboxylic acids is 2. The monoisotopic (exact) mass is 468 g/mol. The van der Waals surface area contributed by atoms with Crippen LogP contribution in [0.1, 0.15) is 11.1 Å². The number of nitrogens with zero attached hydrogens (tertiary/aromatic N) is 1. The van der Waals surface area contributed by atoms with Gasteiger partial charge in [0, 0.05) is 20.6 Å². The zero-order valence-corrected chi connectivity index (χ0v) is 19.1. The third kappa shape index (κ3) is 4.49. The van der Waals surface area contributed by atoms with Crippen LogP contribution in [-0.2, 0) is 9.59 Å². The van der Waals surface area contributed by atoms with Crippen LogP contribution in [0.5, 0.6) is 0 Å². The molecule has 0 radical (unpaired) electrons. The molecule has 0 aliphatic carbocycles. The number of carbonyl (C=O) groups is 2. The molecule has 4 nitrogen and oxygen atoms in total. The van der Waals surface area contributed by atoms with Crippen molar-refractivity contribution in [2.75, 3.05) is 10.2 Å². The summed E-state index contributed by atoms with van der Waals surface area (Å²) in [5.41, 5.74) is 3.31. The van der Waals surface area contributed by atoms with Crippen molar-refractivity contribution in [3.8, 4) is 0 Å². The average Bonchev–Trinajstić information content (AvgIpc) is 2.94. The molecule has 0 bridgehead atoms. The Morgan fingerprint density at radius 3 is 2.26 bits per heavy atom. The minimum Gasteiger partial charge on any atom is -0.350 e. The summed E-state index contributed by atoms with van der Waals surface area (Å²) in [6.07, 6.45) is 0. The van der Waals surface area contributed by atoms with Gasteiger partial charge in [-0.2, -0.15) is 0 Å². The highest BCUT2D eigenvalue weighted by Crippen LogP contribution is 2.39. The predicted octanol–water partition coefficient (Wildman–Crippen LogP) is 6.60. The summed E-state index contributed by atoms with van der Waals surface area (Å²) in [5.74, 6) is -0.783. The van der Waals surface area contributed by atoms with E-state index in [1.54, 1.807) is 42.5 Å². The lowest BCUT2D eigenvalue weighted by molar-refractivity contribution is -0.120. The van der Waals surface area contributed by atoms with Crippen LogP contribution in [0.3, 0.4) is 0 Å². The molecule has 0 aromatic heterocycles. The highest BCUT2D eigenvalue weighted by Gasteiger charge is 2.40. The summed E-state index contributed by atoms with van der Waals surface area (Å²) in [4.78, 5) is 29.2. The van der Waals surface area contributed by atoms with Gasteiger partial charge in [0.15, 0.2) is 0 Å². The number of imide groups is 1. The molecule has 0 saturated heterocycles. The quantitative estimate of drug-likeness (QED) is 0.428. The van der Waals surface area contributed by atoms with Crippen molar-refractivity contribution in [1.82, 2.24) is 0 Å². The highest BCUT2D eigenvalue weighted by molar-refractivity contribution is 8.04. The molecule has 2 amide bonds. The topological polar surface area (TPSA) is 49.4 Å². The number of nitrogens with one attached hydrogen (secondary N) is 1. The van der Waals surface area contributed by atoms with Gasteiger partial charge in [-0.05, 0) is 67.9 Å². The Morgan fingerprint density at radius 2 is 1.58 bits per heavy atom. The fourth-order valence-corrected chi connectivity index (χ4v) is 4.56. The fourth-order valence-electron chi connectivity index (χ4n) is 3.32. The van der Waals surface area contributed by atoms with E-state index < -0.39 is 5.91 Å². The van der Waals surface area contributed by atoms with Crippen LogP contribution in [-0.4, -0.2) is 11.8 Å². The van der Waals surface area contributed by atoms with Gasteiger partial charge in [-0.25, -0.2) is 4.90 Å². The van der Waals surface area contributed by atoms with E-state index in [0.717, 1.165) is 16.0 Å². The van der Waals surface area contributed by atoms with Gasteiger partial charge in [-0.15, -0.1) is 0 Å². The van der Waals surface area contributed by atoms with Crippen molar-refractivity contribution >= 4 is 58.2 Å². The van der Waals surface area contributed by atoms with Crippen LogP contribution in [0.15, 0.2) is 82.2 Å². The molecular weight excluding hydrogens is 451 g/mol. The number of anilines is 2. The Balaban J connectivity index is 1.77. The second-order valence-corrected chi connectivity index (χ2v) is 9.09. The van der Waals surface area contributed by atoms with Gasteiger partial charge in [0.05, 0.1) is 5.69 Å². The molecule has 0 saturated carbocycles. The number of hydrogen-bond donors (Lipinski definition) is 1. The van der Waals surface area contributed by atoms with Gasteiger partial charge in [0.1, 0.15) is 10.6 Å². The van der Waals surface area contributed by atoms with Gasteiger partial charge >= 0.3 is 0 Å². The van der Waals surface area contributed by atoms with Gasteiger partial charge in [-0.1, -0.05) is 58.7 Å². The Morgan fingerprint density at radius 1 is 0.839 bits per heavy atom. The van der Waals surface area contributed by atoms with E-state index in [1.165, 1.54) is 16.7 Å². The van der Waals surface area contributed by atoms with Crippen LogP contribution in [0.4, 0.5) is 11.4 Å². The number of amides is 2. The van der Waals surface area contributed by atoms with Gasteiger partial charge in [-0.3, -0.25) is 9.59 Å². The SMILES string of the molecule is Cc1ccc(N2C(=O)C(Nc3cccc(Cl)c3)=C(Sc3ccc(Cl)cc3)C2=O)c(C)c1. The molecule has 0 spiro atoms. The highest BCUT2D eigenvalue weighted by atomic mass is 35.5. The van der Waals surface area contributed by atoms with E-state index >= 15 is 0 Å². The minimum atomic E-state index is -0.409. The summed E-state index contributed by atoms with van der Waals surface area (Å²) >= 11 is 13.3. The summed E-state index contributed by atoms with van der Waals surface area (Å²) in [5, 5.41) is 4.24. The number of rotatable bonds is 5. The second-order valence-electron chi connectivity index (χ2n) is 7.13. The van der Waals surface area contributed by atoms with E-state index in [4.69, 9.17) is 23.2 Å². The summed E-state index contributed by atoms with van der Waals surface area (Å²) < 4.78 is 0. The molecule has 1 aliphatic heterocycles. The number of thioether (sulfide) groups is 1. The first-order valence-corrected chi connectivity index (χ1v) is 11.1. The average molecular weight is 469 g/mol. The molecule has 31 heavy (non-hydrogen) atoms. The normalized spacial score (nSPS) is 13.9. The Labute approximate surface area is 194 Å². The maximum absolute atomic E-state index is 13.4. The van der Waals surface area contributed by atoms with Crippen molar-refractivity contribution in [1.29, 1.82) is 0 Å². The summed E-state index contributed by atoms with van der Waals surface area (Å²) in [6.45, 7) is 3.86. The zero-order valence-electron chi connectivity index (χ0n) is 16.8. The van der Waals surface area contributed by atoms with E-state index in [1.807, 2.05) is 38.1 Å². The molecule has 1 N–H and O–H groups in total. The Kier molecular flexibility index (Phi) is 6.10. The van der Waals surface area contributed by atoms with E-state index in [-0.39, 0.29) is 11.6 Å². The molecule has 0 unspecified atom stereocenters. The minimum absolute atomic E-state index is 0.215. The van der Waals surface area contributed by atoms with E-state index in [0.29, 0.717) is 26.3 Å². The lowest BCUT2D eigenvalue weighted by atomic mass is 10.1. The van der Waals surface area contributed by atoms with Crippen molar-refractivity contribution in [3.63, 3.8) is 0 Å². The summed E-state index contributed by atoms with van der Waals surface area (Å²) in [7, 11) is 0. The third-order valence-electron chi connectivity index (χ3n) is 4.76. The number of aryl methyl sites for hydroxylation is 2. The van der Waals surface area contributed by atoms with Crippen LogP contribution in [0.2, 0.25) is 10.0 Å². The first kappa shape index (κ1) is 21.5. The van der Waals surface area contributed by atoms with Crippen molar-refractivity contribution in [3.05, 3.63) is 98.5 Å². The van der Waals surface area contributed by atoms with E-state index in [2.05, 4.69) is 5.32 Å². The lowest BCUT2D eigenvalue weighted by Gasteiger charge is -2.18. The fraction of sp³-hybridized carbons (Fsp3) is 0.0833. The zero-order chi connectivity index (χ0) is 22.1. The van der Waals surface area contributed by atoms with Crippen molar-refractivity contribution < 1.29 is 9.59 Å². The molecular formula is C24H18Cl2N2O2S. The second kappa shape index (κ2) is 8.79. The largest absolute Gasteiger partial charge is 0.350 e. The van der Waals surface area contributed by atoms with Crippen LogP contribution in [0.25, 0.3) is 0 Å². The molecule has 0 fully saturated rings. The molecule has 0 atom stereocenters. The number of hydrogen-bond acceptors (Lipinski definition) is 4. The first-order chi connectivity index (χ1) is 14.8. The first-order valence-electron chi connectivity index (χ1n) is 9.50. The molecule has 3 aromatic carbocycles. The third-order valence-corrected chi connectivity index (χ3v) is 6.34. The number of halogens is 2. The molecule has 3 aromatic rings. The van der Waals surface area contributed by atoms with Crippen LogP contribution < -0.4 is 10.2 Å². The maximum Gasteiger partial charge on any atom is 0.283 e. The maximum atomic E-state index is 13.4. The molecule has 1 heterocycles. The van der Waals surface area contributed by atoms with E-state index in [9.17, 15) is 9.59 Å². The molecule has 1 aliphatic rings. The molecule has 156 valence electrons. The Hall–Kier alpha value is -2.73. The lowest BCUT2D eigenvalue weighted by Crippen LogP contribution is -2.33.